The molecule has 0 heterocycles. The number of carbonyl (C=O) groups is 4. The van der Waals surface area contributed by atoms with Gasteiger partial charge in [0.2, 0.25) is 0 Å². The van der Waals surface area contributed by atoms with Gasteiger partial charge in [0.1, 0.15) is 23.0 Å². The van der Waals surface area contributed by atoms with Gasteiger partial charge in [-0.15, -0.1) is 12.4 Å². The third kappa shape index (κ3) is 34.4. The number of nitriles is 1. The third-order valence-corrected chi connectivity index (χ3v) is 29.1. The van der Waals surface area contributed by atoms with Crippen molar-refractivity contribution in [2.24, 2.45) is 88.8 Å². The predicted molar refractivity (Wildman–Crippen MR) is 492 cm³/mol. The molecule has 4 fully saturated rings. The summed E-state index contributed by atoms with van der Waals surface area (Å²) in [6.07, 6.45) is 37.9. The van der Waals surface area contributed by atoms with Crippen molar-refractivity contribution in [3.63, 3.8) is 0 Å². The lowest BCUT2D eigenvalue weighted by atomic mass is 9.73. The lowest BCUT2D eigenvalue weighted by Gasteiger charge is -2.33. The number of carboxylic acid groups (broad SMARTS) is 2. The van der Waals surface area contributed by atoms with Crippen molar-refractivity contribution < 1.29 is 107 Å². The summed E-state index contributed by atoms with van der Waals surface area (Å²) >= 11 is 0. The summed E-state index contributed by atoms with van der Waals surface area (Å²) < 4.78 is 45.7. The maximum absolute atomic E-state index is 11.5. The molecule has 8 aliphatic carbocycles. The minimum absolute atomic E-state index is 0. The highest BCUT2D eigenvalue weighted by molar-refractivity contribution is 7.46. The van der Waals surface area contributed by atoms with Crippen LogP contribution in [-0.4, -0.2) is 159 Å². The van der Waals surface area contributed by atoms with E-state index < -0.39 is 19.8 Å². The van der Waals surface area contributed by atoms with E-state index in [2.05, 4.69) is 82.0 Å². The molecule has 4 aromatic rings. The van der Waals surface area contributed by atoms with Crippen molar-refractivity contribution in [2.45, 2.75) is 317 Å². The number of hydrogen-bond donors (Lipinski definition) is 10. The highest BCUT2D eigenvalue weighted by atomic mass is 35.5. The maximum atomic E-state index is 11.5. The normalized spacial score (nSPS) is 25.1. The van der Waals surface area contributed by atoms with E-state index in [-0.39, 0.29) is 106 Å². The Morgan fingerprint density at radius 2 is 0.730 bits per heavy atom. The van der Waals surface area contributed by atoms with E-state index >= 15 is 0 Å². The van der Waals surface area contributed by atoms with Crippen LogP contribution in [0.2, 0.25) is 0 Å². The van der Waals surface area contributed by atoms with E-state index in [0.29, 0.717) is 47.2 Å². The molecule has 0 aromatic heterocycles. The minimum atomic E-state index is -4.35. The van der Waals surface area contributed by atoms with Crippen molar-refractivity contribution >= 4 is 44.1 Å². The van der Waals surface area contributed by atoms with Crippen LogP contribution in [0.5, 0.6) is 23.0 Å². The molecular formula is C101H157ClNO22P. The zero-order valence-electron chi connectivity index (χ0n) is 77.3. The standard InChI is InChI=1S/C25H38O4.C25H38O3.C24H36O5.C23H34O5.C3H6NO4P.CH4O.ClH/c1-4-5-6-8-17(2)11-12-20-21-13-18-9-7-10-24(29-16-25(27)28-3)22(18)14-19(21)15-23(20)26;1-4-5-6-8-17(2)11-12-21-18(3)13-20-15-23-19(14-22(20)21)9-7-10-24(23)28-16-25(26)27;1-3-4-5-8-18(25)10-11-19-20-12-16-7-6-9-23(29-15-24(27)28-2)21(16)13-17(20)14-22(19)26;1-2-3-4-7-17(24)9-10-18-19-11-15-6-5-8-22(28-14-23(26)27)20(15)12-16(19)13-21(18)25;4-2-1-3-8-9(5,6)7;1-2;/h7,9-10,17,19-21,23,26H,4-6,8,11-16H2,1-3H3;7,9-10,17-18,20-22H,4-6,8,11-16H2,1-3H3,(H,26,27);6-7,9,17-20,22,25-26H,3-5,8,10-15H2,1-2H3;5-6,8,16-19,21,24-25H,2-4,7,9-14H2,1H3,(H,26,27);1,3H2,(H2,5,6,7);2H,1H3;1H/t17?,19-,20+,21-,23+;17-,18+,20+,21-,22-;17-,18-,19+,20-,22+;16-,17-,18+,19-,21+;;;/m0000.../s1. The topological polar surface area (TPSA) is 376 Å². The molecule has 10 N–H and O–H groups in total. The van der Waals surface area contributed by atoms with Crippen LogP contribution in [0.15, 0.2) is 72.8 Å². The fraction of sp³-hybridized carbons (Fsp3) is 0.713. The number of rotatable bonds is 43. The molecule has 0 bridgehead atoms. The number of aliphatic carboxylic acids is 2. The second-order valence-electron chi connectivity index (χ2n) is 37.3. The van der Waals surface area contributed by atoms with Crippen molar-refractivity contribution in [3.05, 3.63) is 117 Å². The quantitative estimate of drug-likeness (QED) is 0.0112. The van der Waals surface area contributed by atoms with Gasteiger partial charge in [-0.3, -0.25) is 4.52 Å². The second kappa shape index (κ2) is 57.0. The Labute approximate surface area is 758 Å². The Morgan fingerprint density at radius 3 is 1.03 bits per heavy atom. The van der Waals surface area contributed by atoms with Gasteiger partial charge in [0.25, 0.3) is 0 Å². The molecule has 8 aliphatic rings. The number of halogens is 1. The maximum Gasteiger partial charge on any atom is 0.469 e. The van der Waals surface area contributed by atoms with E-state index in [0.717, 1.165) is 207 Å². The number of ether oxygens (including phenoxy) is 6. The van der Waals surface area contributed by atoms with Gasteiger partial charge < -0.3 is 79.1 Å². The summed E-state index contributed by atoms with van der Waals surface area (Å²) in [5.74, 6) is 8.88. The van der Waals surface area contributed by atoms with Gasteiger partial charge in [-0.2, -0.15) is 5.26 Å². The van der Waals surface area contributed by atoms with Gasteiger partial charge in [-0.05, 0) is 286 Å². The van der Waals surface area contributed by atoms with E-state index in [4.69, 9.17) is 54.1 Å². The molecule has 4 aromatic carbocycles. The van der Waals surface area contributed by atoms with Gasteiger partial charge >= 0.3 is 31.7 Å². The molecule has 0 amide bonds. The molecular weight excluding hydrogens is 1650 g/mol. The molecule has 0 radical (unpaired) electrons. The van der Waals surface area contributed by atoms with Crippen LogP contribution in [-0.2, 0) is 89.1 Å². The number of carbonyl (C=O) groups excluding carboxylic acids is 2. The van der Waals surface area contributed by atoms with Crippen molar-refractivity contribution in [1.29, 1.82) is 5.26 Å². The van der Waals surface area contributed by atoms with Gasteiger partial charge in [-0.25, -0.2) is 23.7 Å². The average Bonchev–Trinajstić information content (AvgIpc) is 1.62. The molecule has 0 spiro atoms. The van der Waals surface area contributed by atoms with E-state index in [1.807, 2.05) is 48.5 Å². The van der Waals surface area contributed by atoms with Crippen LogP contribution < -0.4 is 18.9 Å². The van der Waals surface area contributed by atoms with E-state index in [1.165, 1.54) is 143 Å². The van der Waals surface area contributed by atoms with Gasteiger partial charge in [0.05, 0.1) is 63.8 Å². The summed E-state index contributed by atoms with van der Waals surface area (Å²) in [6.45, 7) is 15.2. The monoisotopic (exact) mass is 1800 g/mol. The fourth-order valence-electron chi connectivity index (χ4n) is 22.1. The number of carboxylic acids is 2. The predicted octanol–water partition coefficient (Wildman–Crippen LogP) is 18.4. The minimum Gasteiger partial charge on any atom is -0.482 e. The molecule has 1 unspecified atom stereocenters. The lowest BCUT2D eigenvalue weighted by molar-refractivity contribution is -0.143. The van der Waals surface area contributed by atoms with Crippen molar-refractivity contribution in [2.75, 3.05) is 54.4 Å². The van der Waals surface area contributed by atoms with Crippen LogP contribution in [0.1, 0.15) is 279 Å². The summed E-state index contributed by atoms with van der Waals surface area (Å²) in [6, 6.07) is 25.9. The van der Waals surface area contributed by atoms with Crippen LogP contribution >= 0.6 is 20.2 Å². The number of hydrogen-bond acceptors (Lipinski definition) is 19. The Balaban J connectivity index is 0.000000248. The number of methoxy groups -OCH3 is 2. The third-order valence-electron chi connectivity index (χ3n) is 28.6. The Kier molecular flexibility index (Phi) is 49.1. The first-order valence-electron chi connectivity index (χ1n) is 47.5. The number of phosphoric acid groups is 1. The van der Waals surface area contributed by atoms with Crippen LogP contribution in [0, 0.1) is 100 Å². The molecule has 710 valence electrons. The number of phosphoric ester groups is 1. The molecule has 20 atom stereocenters. The first-order valence-corrected chi connectivity index (χ1v) is 49.1. The van der Waals surface area contributed by atoms with Crippen LogP contribution in [0.3, 0.4) is 0 Å². The number of fused-ring (bicyclic) bond motifs is 8. The summed E-state index contributed by atoms with van der Waals surface area (Å²) in [5, 5.41) is 85.5. The zero-order valence-corrected chi connectivity index (χ0v) is 79.1. The van der Waals surface area contributed by atoms with Gasteiger partial charge in [0.15, 0.2) is 26.4 Å². The smallest absolute Gasteiger partial charge is 0.469 e. The second-order valence-corrected chi connectivity index (χ2v) is 38.6. The SMILES string of the molecule is CCCCCC(C)CC[C@@H]1[C@H]2Cc3cccc(OCC(=O)OC)c3C[C@H]2C[C@H]1O.CCCCC[C@H](C)CC[C@@H]1[C@H]2Cc3cccc(OCC(=O)O)c3C[C@H]2C[C@H]1C.CCCCC[C@H](O)CC[C@@H]1[C@H]2Cc3cccc(OCC(=O)O)c3C[C@H]2C[C@H]1O.CCCCC[C@H](O)CC[C@@H]1[C@H]2Cc3cccc(OCC(=O)OC)c3C[C@H]2C[C@H]1O.CO.Cl.N#CCCOP(=O)(O)O. The Morgan fingerprint density at radius 1 is 0.437 bits per heavy atom. The first-order chi connectivity index (χ1) is 60.1. The highest BCUT2D eigenvalue weighted by Crippen LogP contribution is 2.54. The largest absolute Gasteiger partial charge is 0.482 e. The number of nitrogens with zero attached hydrogens (tertiary/aromatic N) is 1. The van der Waals surface area contributed by atoms with E-state index in [1.54, 1.807) is 6.07 Å². The lowest BCUT2D eigenvalue weighted by Crippen LogP contribution is -2.28. The Bertz CT molecular complexity index is 3720. The number of unbranched alkanes of at least 4 members (excludes halogenated alkanes) is 8. The van der Waals surface area contributed by atoms with Crippen LogP contribution in [0.4, 0.5) is 0 Å². The van der Waals surface area contributed by atoms with Gasteiger partial charge in [0, 0.05) is 7.11 Å². The Hall–Kier alpha value is -6.39. The number of aliphatic hydroxyl groups excluding tert-OH is 6. The van der Waals surface area contributed by atoms with Crippen LogP contribution in [0.25, 0.3) is 0 Å². The fourth-order valence-corrected chi connectivity index (χ4v) is 22.4. The molecule has 12 rings (SSSR count). The molecule has 25 heteroatoms. The molecule has 126 heavy (non-hydrogen) atoms. The number of aliphatic hydroxyl groups is 6. The summed E-state index contributed by atoms with van der Waals surface area (Å²) in [5.41, 5.74) is 9.96. The number of benzene rings is 4. The van der Waals surface area contributed by atoms with Crippen molar-refractivity contribution in [1.82, 2.24) is 0 Å². The van der Waals surface area contributed by atoms with Gasteiger partial charge in [-0.1, -0.05) is 200 Å². The summed E-state index contributed by atoms with van der Waals surface area (Å²) in [7, 11) is -0.611. The summed E-state index contributed by atoms with van der Waals surface area (Å²) in [4.78, 5) is 60.7. The molecule has 23 nitrogen and oxygen atoms in total. The molecule has 0 saturated heterocycles. The average molecular weight is 1800 g/mol. The molecule has 4 saturated carbocycles. The number of esters is 2. The zero-order chi connectivity index (χ0) is 91.1. The van der Waals surface area contributed by atoms with Crippen molar-refractivity contribution in [3.8, 4) is 29.1 Å². The first kappa shape index (κ1) is 108. The molecule has 0 aliphatic heterocycles. The highest BCUT2D eigenvalue weighted by Gasteiger charge is 2.49. The van der Waals surface area contributed by atoms with E-state index in [9.17, 15) is 49.3 Å².